The molecule has 0 bridgehead atoms. The van der Waals surface area contributed by atoms with Gasteiger partial charge in [0.25, 0.3) is 5.91 Å². The summed E-state index contributed by atoms with van der Waals surface area (Å²) in [6.45, 7) is 5.67. The van der Waals surface area contributed by atoms with Gasteiger partial charge in [0.15, 0.2) is 0 Å². The molecule has 2 saturated heterocycles. The van der Waals surface area contributed by atoms with Crippen molar-refractivity contribution in [2.24, 2.45) is 0 Å². The highest BCUT2D eigenvalue weighted by atomic mass is 16.2. The van der Waals surface area contributed by atoms with Gasteiger partial charge in [0.05, 0.1) is 6.04 Å². The molecular weight excluding hydrogens is 266 g/mol. The fourth-order valence-electron chi connectivity index (χ4n) is 3.13. The Labute approximate surface area is 126 Å². The third-order valence-electron chi connectivity index (χ3n) is 4.48. The zero-order valence-corrected chi connectivity index (χ0v) is 12.8. The molecule has 0 aromatic carbocycles. The summed E-state index contributed by atoms with van der Waals surface area (Å²) in [7, 11) is 2.11. The van der Waals surface area contributed by atoms with Crippen molar-refractivity contribution in [3.63, 3.8) is 0 Å². The molecule has 6 heteroatoms. The number of hydrogen-bond donors (Lipinski definition) is 1. The molecule has 3 heterocycles. The van der Waals surface area contributed by atoms with Gasteiger partial charge in [-0.3, -0.25) is 9.48 Å². The molecule has 1 aromatic heterocycles. The molecule has 1 atom stereocenters. The highest BCUT2D eigenvalue weighted by Crippen LogP contribution is 2.16. The number of nitrogens with zero attached hydrogens (tertiary/aromatic N) is 4. The number of piperidine rings is 1. The average Bonchev–Trinajstić information content (AvgIpc) is 2.91. The minimum Gasteiger partial charge on any atom is -0.336 e. The molecule has 0 aliphatic carbocycles. The van der Waals surface area contributed by atoms with Gasteiger partial charge in [-0.15, -0.1) is 0 Å². The molecule has 0 saturated carbocycles. The van der Waals surface area contributed by atoms with Crippen LogP contribution < -0.4 is 5.32 Å². The van der Waals surface area contributed by atoms with Crippen molar-refractivity contribution in [1.29, 1.82) is 0 Å². The number of amides is 1. The van der Waals surface area contributed by atoms with Crippen LogP contribution in [0.2, 0.25) is 0 Å². The van der Waals surface area contributed by atoms with Crippen molar-refractivity contribution >= 4 is 5.91 Å². The zero-order valence-electron chi connectivity index (χ0n) is 12.8. The lowest BCUT2D eigenvalue weighted by molar-refractivity contribution is 0.0755. The highest BCUT2D eigenvalue weighted by molar-refractivity contribution is 5.92. The first-order chi connectivity index (χ1) is 10.2. The van der Waals surface area contributed by atoms with E-state index in [2.05, 4.69) is 22.4 Å². The van der Waals surface area contributed by atoms with E-state index in [1.54, 1.807) is 0 Å². The normalized spacial score (nSPS) is 24.8. The molecule has 0 spiro atoms. The van der Waals surface area contributed by atoms with E-state index in [0.29, 0.717) is 11.7 Å². The van der Waals surface area contributed by atoms with Crippen LogP contribution in [-0.4, -0.2) is 71.8 Å². The molecule has 1 N–H and O–H groups in total. The molecule has 1 aromatic rings. The van der Waals surface area contributed by atoms with Crippen molar-refractivity contribution in [2.75, 3.05) is 46.3 Å². The SMILES string of the molecule is CN1CCCN(C(=O)c2ccn(C3CCCNC3)n2)CC1. The third-order valence-corrected chi connectivity index (χ3v) is 4.48. The lowest BCUT2D eigenvalue weighted by Crippen LogP contribution is -2.35. The fraction of sp³-hybridized carbons (Fsp3) is 0.733. The summed E-state index contributed by atoms with van der Waals surface area (Å²) in [5.74, 6) is 0.0767. The van der Waals surface area contributed by atoms with Crippen molar-refractivity contribution in [1.82, 2.24) is 24.9 Å². The van der Waals surface area contributed by atoms with E-state index in [-0.39, 0.29) is 5.91 Å². The first kappa shape index (κ1) is 14.5. The summed E-state index contributed by atoms with van der Waals surface area (Å²) >= 11 is 0. The number of nitrogens with one attached hydrogen (secondary N) is 1. The number of carbonyl (C=O) groups is 1. The van der Waals surface area contributed by atoms with E-state index in [1.807, 2.05) is 21.8 Å². The van der Waals surface area contributed by atoms with Crippen LogP contribution in [0, 0.1) is 0 Å². The van der Waals surface area contributed by atoms with Gasteiger partial charge in [0.2, 0.25) is 0 Å². The predicted molar refractivity (Wildman–Crippen MR) is 81.4 cm³/mol. The molecule has 0 radical (unpaired) electrons. The maximum absolute atomic E-state index is 12.6. The lowest BCUT2D eigenvalue weighted by atomic mass is 10.1. The summed E-state index contributed by atoms with van der Waals surface area (Å²) in [6, 6.07) is 2.25. The number of carbonyl (C=O) groups excluding carboxylic acids is 1. The summed E-state index contributed by atoms with van der Waals surface area (Å²) < 4.78 is 1.96. The van der Waals surface area contributed by atoms with Gasteiger partial charge in [-0.2, -0.15) is 5.10 Å². The van der Waals surface area contributed by atoms with Crippen molar-refractivity contribution in [3.8, 4) is 0 Å². The van der Waals surface area contributed by atoms with Gasteiger partial charge < -0.3 is 15.1 Å². The monoisotopic (exact) mass is 291 g/mol. The van der Waals surface area contributed by atoms with Crippen LogP contribution in [0.3, 0.4) is 0 Å². The topological polar surface area (TPSA) is 53.4 Å². The van der Waals surface area contributed by atoms with Crippen LogP contribution in [0.15, 0.2) is 12.3 Å². The summed E-state index contributed by atoms with van der Waals surface area (Å²) in [6.07, 6.45) is 5.30. The molecule has 21 heavy (non-hydrogen) atoms. The molecule has 3 rings (SSSR count). The van der Waals surface area contributed by atoms with E-state index >= 15 is 0 Å². The average molecular weight is 291 g/mol. The molecule has 2 aliphatic heterocycles. The van der Waals surface area contributed by atoms with Crippen molar-refractivity contribution in [2.45, 2.75) is 25.3 Å². The smallest absolute Gasteiger partial charge is 0.274 e. The van der Waals surface area contributed by atoms with Crippen LogP contribution in [0.5, 0.6) is 0 Å². The van der Waals surface area contributed by atoms with Gasteiger partial charge in [-0.05, 0) is 45.5 Å². The van der Waals surface area contributed by atoms with Crippen molar-refractivity contribution < 1.29 is 4.79 Å². The first-order valence-corrected chi connectivity index (χ1v) is 7.98. The number of rotatable bonds is 2. The Bertz CT molecular complexity index is 480. The second-order valence-electron chi connectivity index (χ2n) is 6.13. The van der Waals surface area contributed by atoms with Gasteiger partial charge >= 0.3 is 0 Å². The van der Waals surface area contributed by atoms with Gasteiger partial charge in [0, 0.05) is 32.4 Å². The van der Waals surface area contributed by atoms with Gasteiger partial charge in [-0.1, -0.05) is 0 Å². The Kier molecular flexibility index (Phi) is 4.55. The molecule has 2 aliphatic rings. The Hall–Kier alpha value is -1.40. The minimum atomic E-state index is 0.0767. The molecule has 6 nitrogen and oxygen atoms in total. The maximum Gasteiger partial charge on any atom is 0.274 e. The van der Waals surface area contributed by atoms with E-state index in [4.69, 9.17) is 0 Å². The van der Waals surface area contributed by atoms with Crippen LogP contribution in [0.1, 0.15) is 35.8 Å². The van der Waals surface area contributed by atoms with Crippen LogP contribution in [-0.2, 0) is 0 Å². The van der Waals surface area contributed by atoms with E-state index < -0.39 is 0 Å². The Morgan fingerprint density at radius 2 is 2.19 bits per heavy atom. The quantitative estimate of drug-likeness (QED) is 0.866. The fourth-order valence-corrected chi connectivity index (χ4v) is 3.13. The molecule has 1 amide bonds. The van der Waals surface area contributed by atoms with Crippen LogP contribution in [0.4, 0.5) is 0 Å². The van der Waals surface area contributed by atoms with Gasteiger partial charge in [0.1, 0.15) is 5.69 Å². The molecule has 116 valence electrons. The van der Waals surface area contributed by atoms with Gasteiger partial charge in [-0.25, -0.2) is 0 Å². The largest absolute Gasteiger partial charge is 0.336 e. The summed E-state index contributed by atoms with van der Waals surface area (Å²) in [5, 5.41) is 7.92. The highest BCUT2D eigenvalue weighted by Gasteiger charge is 2.22. The summed E-state index contributed by atoms with van der Waals surface area (Å²) in [4.78, 5) is 16.8. The van der Waals surface area contributed by atoms with Crippen LogP contribution >= 0.6 is 0 Å². The lowest BCUT2D eigenvalue weighted by Gasteiger charge is -2.23. The number of likely N-dealkylation sites (N-methyl/N-ethyl adjacent to an activating group) is 1. The predicted octanol–water partition coefficient (Wildman–Crippen LogP) is 0.585. The minimum absolute atomic E-state index is 0.0767. The standard InChI is InChI=1S/C15H25N5O/c1-18-7-3-8-19(11-10-18)15(21)14-5-9-20(17-14)13-4-2-6-16-12-13/h5,9,13,16H,2-4,6-8,10-12H2,1H3. The second-order valence-corrected chi connectivity index (χ2v) is 6.13. The Balaban J connectivity index is 1.65. The third kappa shape index (κ3) is 3.44. The van der Waals surface area contributed by atoms with E-state index in [0.717, 1.165) is 52.1 Å². The number of hydrogen-bond acceptors (Lipinski definition) is 4. The summed E-state index contributed by atoms with van der Waals surface area (Å²) in [5.41, 5.74) is 0.588. The zero-order chi connectivity index (χ0) is 14.7. The molecular formula is C15H25N5O. The van der Waals surface area contributed by atoms with E-state index in [9.17, 15) is 4.79 Å². The maximum atomic E-state index is 12.6. The molecule has 2 fully saturated rings. The number of aromatic nitrogens is 2. The Morgan fingerprint density at radius 3 is 3.00 bits per heavy atom. The first-order valence-electron chi connectivity index (χ1n) is 7.98. The van der Waals surface area contributed by atoms with Crippen molar-refractivity contribution in [3.05, 3.63) is 18.0 Å². The Morgan fingerprint density at radius 1 is 1.29 bits per heavy atom. The van der Waals surface area contributed by atoms with E-state index in [1.165, 1.54) is 6.42 Å². The molecule has 1 unspecified atom stereocenters. The second kappa shape index (κ2) is 6.58. The van der Waals surface area contributed by atoms with Crippen LogP contribution in [0.25, 0.3) is 0 Å².